The number of nitrogens with zero attached hydrogens (tertiary/aromatic N) is 1. The fraction of sp³-hybridized carbons (Fsp3) is 0.769. The van der Waals surface area contributed by atoms with Crippen molar-refractivity contribution >= 4 is 5.97 Å². The van der Waals surface area contributed by atoms with Crippen molar-refractivity contribution in [3.8, 4) is 0 Å². The van der Waals surface area contributed by atoms with Gasteiger partial charge in [-0.15, -0.1) is 0 Å². The van der Waals surface area contributed by atoms with Crippen LogP contribution in [0.5, 0.6) is 0 Å². The normalized spacial score (nSPS) is 15.4. The summed E-state index contributed by atoms with van der Waals surface area (Å²) in [5.41, 5.74) is 0. The lowest BCUT2D eigenvalue weighted by atomic mass is 10.2. The first-order chi connectivity index (χ1) is 7.56. The van der Waals surface area contributed by atoms with E-state index in [9.17, 15) is 4.79 Å². The number of carbonyl (C=O) groups is 1. The molecule has 0 aliphatic carbocycles. The van der Waals surface area contributed by atoms with E-state index in [2.05, 4.69) is 25.7 Å². The number of hydrogen-bond acceptors (Lipinski definition) is 3. The quantitative estimate of drug-likeness (QED) is 0.380. The van der Waals surface area contributed by atoms with Crippen molar-refractivity contribution in [3.05, 3.63) is 12.2 Å². The van der Waals surface area contributed by atoms with E-state index in [1.807, 2.05) is 13.8 Å². The van der Waals surface area contributed by atoms with Gasteiger partial charge in [-0.2, -0.15) is 0 Å². The van der Waals surface area contributed by atoms with Crippen molar-refractivity contribution in [1.82, 2.24) is 4.90 Å². The van der Waals surface area contributed by atoms with Gasteiger partial charge in [0.2, 0.25) is 0 Å². The van der Waals surface area contributed by atoms with Gasteiger partial charge in [-0.3, -0.25) is 4.90 Å². The lowest BCUT2D eigenvalue weighted by Crippen LogP contribution is -2.42. The summed E-state index contributed by atoms with van der Waals surface area (Å²) in [6.45, 7) is 11.1. The molecular formula is C13H25NO2. The van der Waals surface area contributed by atoms with Gasteiger partial charge in [-0.1, -0.05) is 19.9 Å². The molecule has 0 heterocycles. The summed E-state index contributed by atoms with van der Waals surface area (Å²) in [6.07, 6.45) is 5.12. The Morgan fingerprint density at radius 1 is 1.38 bits per heavy atom. The summed E-state index contributed by atoms with van der Waals surface area (Å²) in [6, 6.07) is 0.438. The van der Waals surface area contributed by atoms with Crippen LogP contribution in [0.4, 0.5) is 0 Å². The van der Waals surface area contributed by atoms with Gasteiger partial charge in [0.1, 0.15) is 0 Å². The molecule has 3 nitrogen and oxygen atoms in total. The fourth-order valence-corrected chi connectivity index (χ4v) is 1.66. The lowest BCUT2D eigenvalue weighted by Gasteiger charge is -2.32. The molecule has 0 amide bonds. The molecule has 0 radical (unpaired) electrons. The van der Waals surface area contributed by atoms with Crippen LogP contribution >= 0.6 is 0 Å². The highest BCUT2D eigenvalue weighted by molar-refractivity contribution is 5.81. The van der Waals surface area contributed by atoms with Gasteiger partial charge in [0.05, 0.1) is 0 Å². The minimum Gasteiger partial charge on any atom is -0.443 e. The Morgan fingerprint density at radius 3 is 2.44 bits per heavy atom. The first-order valence-corrected chi connectivity index (χ1v) is 6.15. The van der Waals surface area contributed by atoms with E-state index in [1.165, 1.54) is 6.08 Å². The summed E-state index contributed by atoms with van der Waals surface area (Å²) in [4.78, 5) is 13.6. The zero-order valence-corrected chi connectivity index (χ0v) is 11.2. The van der Waals surface area contributed by atoms with Crippen LogP contribution in [-0.4, -0.2) is 29.7 Å². The smallest absolute Gasteiger partial charge is 0.331 e. The zero-order chi connectivity index (χ0) is 12.6. The molecule has 0 saturated carbocycles. The topological polar surface area (TPSA) is 29.5 Å². The number of rotatable bonds is 7. The van der Waals surface area contributed by atoms with E-state index >= 15 is 0 Å². The van der Waals surface area contributed by atoms with E-state index in [-0.39, 0.29) is 12.2 Å². The Bertz CT molecular complexity index is 226. The minimum absolute atomic E-state index is 0.154. The molecular weight excluding hydrogens is 202 g/mol. The maximum absolute atomic E-state index is 11.3. The maximum atomic E-state index is 11.3. The molecule has 0 aromatic carbocycles. The van der Waals surface area contributed by atoms with Gasteiger partial charge in [0.15, 0.2) is 6.23 Å². The second-order valence-corrected chi connectivity index (χ2v) is 4.03. The molecule has 3 heteroatoms. The highest BCUT2D eigenvalue weighted by Gasteiger charge is 2.20. The third kappa shape index (κ3) is 5.31. The Labute approximate surface area is 99.5 Å². The number of hydrogen-bond donors (Lipinski definition) is 0. The summed E-state index contributed by atoms with van der Waals surface area (Å²) in [7, 11) is 0. The van der Waals surface area contributed by atoms with Crippen molar-refractivity contribution < 1.29 is 9.53 Å². The zero-order valence-electron chi connectivity index (χ0n) is 11.2. The second-order valence-electron chi connectivity index (χ2n) is 4.03. The molecule has 0 saturated heterocycles. The fourth-order valence-electron chi connectivity index (χ4n) is 1.66. The molecule has 0 spiro atoms. The van der Waals surface area contributed by atoms with Crippen LogP contribution in [-0.2, 0) is 9.53 Å². The number of ether oxygens (including phenoxy) is 1. The van der Waals surface area contributed by atoms with Gasteiger partial charge < -0.3 is 4.74 Å². The molecule has 94 valence electrons. The van der Waals surface area contributed by atoms with Crippen molar-refractivity contribution in [2.75, 3.05) is 6.54 Å². The molecule has 2 atom stereocenters. The Balaban J connectivity index is 4.36. The molecule has 0 fully saturated rings. The van der Waals surface area contributed by atoms with E-state index < -0.39 is 0 Å². The number of allylic oxidation sites excluding steroid dienone is 1. The van der Waals surface area contributed by atoms with Crippen LogP contribution in [0.1, 0.15) is 47.5 Å². The molecule has 16 heavy (non-hydrogen) atoms. The van der Waals surface area contributed by atoms with Crippen LogP contribution < -0.4 is 0 Å². The number of esters is 1. The predicted octanol–water partition coefficient (Wildman–Crippen LogP) is 2.96. The van der Waals surface area contributed by atoms with Crippen LogP contribution in [0.3, 0.4) is 0 Å². The molecule has 0 bridgehead atoms. The van der Waals surface area contributed by atoms with E-state index in [0.717, 1.165) is 19.4 Å². The monoisotopic (exact) mass is 227 g/mol. The van der Waals surface area contributed by atoms with E-state index in [4.69, 9.17) is 4.74 Å². The Morgan fingerprint density at radius 2 is 2.00 bits per heavy atom. The maximum Gasteiger partial charge on any atom is 0.331 e. The highest BCUT2D eigenvalue weighted by atomic mass is 16.6. The standard InChI is InChI=1S/C13H25NO2/c1-6-9-13(15)16-12(5)14(10-7-2)11(4)8-3/h6,9,11-12H,7-8,10H2,1-5H3/b9-6-. The Kier molecular flexibility index (Phi) is 7.90. The van der Waals surface area contributed by atoms with Gasteiger partial charge in [0.25, 0.3) is 0 Å². The molecule has 2 unspecified atom stereocenters. The second kappa shape index (κ2) is 8.34. The molecule has 0 aromatic rings. The average molecular weight is 227 g/mol. The van der Waals surface area contributed by atoms with Gasteiger partial charge in [-0.05, 0) is 33.6 Å². The van der Waals surface area contributed by atoms with Gasteiger partial charge in [0, 0.05) is 18.7 Å². The van der Waals surface area contributed by atoms with Crippen LogP contribution in [0.15, 0.2) is 12.2 Å². The lowest BCUT2D eigenvalue weighted by molar-refractivity contribution is -0.153. The number of carbonyl (C=O) groups excluding carboxylic acids is 1. The van der Waals surface area contributed by atoms with Crippen LogP contribution in [0.2, 0.25) is 0 Å². The summed E-state index contributed by atoms with van der Waals surface area (Å²) < 4.78 is 5.33. The predicted molar refractivity (Wildman–Crippen MR) is 67.1 cm³/mol. The summed E-state index contributed by atoms with van der Waals surface area (Å²) >= 11 is 0. The molecule has 0 rings (SSSR count). The Hall–Kier alpha value is -0.830. The minimum atomic E-state index is -0.264. The van der Waals surface area contributed by atoms with E-state index in [0.29, 0.717) is 6.04 Å². The van der Waals surface area contributed by atoms with Crippen molar-refractivity contribution in [3.63, 3.8) is 0 Å². The first kappa shape index (κ1) is 15.2. The van der Waals surface area contributed by atoms with Crippen molar-refractivity contribution in [2.24, 2.45) is 0 Å². The largest absolute Gasteiger partial charge is 0.443 e. The van der Waals surface area contributed by atoms with Gasteiger partial charge in [-0.25, -0.2) is 4.79 Å². The summed E-state index contributed by atoms with van der Waals surface area (Å²) in [5, 5.41) is 0. The summed E-state index contributed by atoms with van der Waals surface area (Å²) in [5.74, 6) is -0.264. The van der Waals surface area contributed by atoms with Crippen LogP contribution in [0, 0.1) is 0 Å². The van der Waals surface area contributed by atoms with E-state index in [1.54, 1.807) is 6.08 Å². The molecule has 0 aromatic heterocycles. The molecule has 0 aliphatic heterocycles. The molecule has 0 N–H and O–H groups in total. The third-order valence-electron chi connectivity index (χ3n) is 2.70. The van der Waals surface area contributed by atoms with Crippen molar-refractivity contribution in [2.45, 2.75) is 59.7 Å². The van der Waals surface area contributed by atoms with Gasteiger partial charge >= 0.3 is 5.97 Å². The third-order valence-corrected chi connectivity index (χ3v) is 2.70. The first-order valence-electron chi connectivity index (χ1n) is 6.15. The molecule has 0 aliphatic rings. The van der Waals surface area contributed by atoms with Crippen LogP contribution in [0.25, 0.3) is 0 Å². The van der Waals surface area contributed by atoms with Crippen molar-refractivity contribution in [1.29, 1.82) is 0 Å². The highest BCUT2D eigenvalue weighted by Crippen LogP contribution is 2.11. The SMILES string of the molecule is C/C=C\C(=O)OC(C)N(CCC)C(C)CC. The average Bonchev–Trinajstić information content (AvgIpc) is 2.24.